The zero-order chi connectivity index (χ0) is 9.02. The zero-order valence-corrected chi connectivity index (χ0v) is 8.05. The SMILES string of the molecule is CCC(C)C(B(O)O)N(Cl)Cl. The van der Waals surface area contributed by atoms with E-state index in [9.17, 15) is 0 Å². The maximum absolute atomic E-state index is 8.83. The van der Waals surface area contributed by atoms with Crippen molar-refractivity contribution in [1.82, 2.24) is 3.94 Å². The maximum Gasteiger partial charge on any atom is 0.473 e. The third-order valence-corrected chi connectivity index (χ3v) is 2.21. The molecule has 0 radical (unpaired) electrons. The average Bonchev–Trinajstić information content (AvgIpc) is 1.85. The summed E-state index contributed by atoms with van der Waals surface area (Å²) in [6.45, 7) is 3.78. The Morgan fingerprint density at radius 2 is 1.91 bits per heavy atom. The van der Waals surface area contributed by atoms with Crippen molar-refractivity contribution in [3.05, 3.63) is 0 Å². The lowest BCUT2D eigenvalue weighted by Crippen LogP contribution is -2.42. The fourth-order valence-corrected chi connectivity index (χ4v) is 1.41. The van der Waals surface area contributed by atoms with E-state index in [4.69, 9.17) is 33.6 Å². The van der Waals surface area contributed by atoms with Crippen molar-refractivity contribution < 1.29 is 10.0 Å². The molecule has 0 aromatic rings. The average molecular weight is 200 g/mol. The summed E-state index contributed by atoms with van der Waals surface area (Å²) in [7, 11) is -1.50. The lowest BCUT2D eigenvalue weighted by atomic mass is 9.72. The van der Waals surface area contributed by atoms with Crippen molar-refractivity contribution in [1.29, 1.82) is 0 Å². The summed E-state index contributed by atoms with van der Waals surface area (Å²) in [5, 5.41) is 17.7. The molecule has 0 bridgehead atoms. The van der Waals surface area contributed by atoms with E-state index >= 15 is 0 Å². The molecule has 2 unspecified atom stereocenters. The van der Waals surface area contributed by atoms with E-state index in [1.807, 2.05) is 13.8 Å². The molecule has 0 aliphatic heterocycles. The first-order valence-corrected chi connectivity index (χ1v) is 4.15. The van der Waals surface area contributed by atoms with Crippen molar-refractivity contribution in [2.75, 3.05) is 0 Å². The Labute approximate surface area is 77.3 Å². The molecule has 2 atom stereocenters. The third-order valence-electron chi connectivity index (χ3n) is 1.76. The second-order valence-corrected chi connectivity index (χ2v) is 3.45. The normalized spacial score (nSPS) is 16.6. The van der Waals surface area contributed by atoms with Crippen LogP contribution in [0.1, 0.15) is 20.3 Å². The second-order valence-electron chi connectivity index (χ2n) is 2.55. The van der Waals surface area contributed by atoms with E-state index in [0.717, 1.165) is 10.4 Å². The van der Waals surface area contributed by atoms with Gasteiger partial charge < -0.3 is 10.0 Å². The van der Waals surface area contributed by atoms with Crippen LogP contribution in [0, 0.1) is 5.92 Å². The fraction of sp³-hybridized carbons (Fsp3) is 1.00. The summed E-state index contributed by atoms with van der Waals surface area (Å²) < 4.78 is 0.791. The number of rotatable bonds is 4. The predicted octanol–water partition coefficient (Wildman–Crippen LogP) is 1.02. The van der Waals surface area contributed by atoms with Gasteiger partial charge in [-0.2, -0.15) is 0 Å². The van der Waals surface area contributed by atoms with Gasteiger partial charge in [0.2, 0.25) is 0 Å². The predicted molar refractivity (Wildman–Crippen MR) is 47.0 cm³/mol. The van der Waals surface area contributed by atoms with Crippen molar-refractivity contribution >= 4 is 30.7 Å². The Hall–Kier alpha value is 0.525. The van der Waals surface area contributed by atoms with Crippen LogP contribution in [0.5, 0.6) is 0 Å². The van der Waals surface area contributed by atoms with Gasteiger partial charge in [0.25, 0.3) is 0 Å². The quantitative estimate of drug-likeness (QED) is 0.525. The minimum atomic E-state index is -1.50. The monoisotopic (exact) mass is 199 g/mol. The molecular weight excluding hydrogens is 188 g/mol. The molecule has 6 heteroatoms. The Balaban J connectivity index is 4.09. The van der Waals surface area contributed by atoms with Crippen molar-refractivity contribution in [3.8, 4) is 0 Å². The molecule has 0 spiro atoms. The Kier molecular flexibility index (Phi) is 5.47. The molecule has 0 fully saturated rings. The summed E-state index contributed by atoms with van der Waals surface area (Å²) in [4.78, 5) is 0. The van der Waals surface area contributed by atoms with Gasteiger partial charge in [-0.3, -0.25) is 0 Å². The Morgan fingerprint density at radius 3 is 2.00 bits per heavy atom. The van der Waals surface area contributed by atoms with Crippen molar-refractivity contribution in [2.24, 2.45) is 5.92 Å². The first-order valence-electron chi connectivity index (χ1n) is 3.47. The summed E-state index contributed by atoms with van der Waals surface area (Å²) in [5.41, 5.74) is 0. The van der Waals surface area contributed by atoms with Gasteiger partial charge in [0.1, 0.15) is 0 Å². The molecule has 0 rings (SSSR count). The topological polar surface area (TPSA) is 43.7 Å². The molecule has 0 heterocycles. The van der Waals surface area contributed by atoms with Gasteiger partial charge in [-0.15, -0.1) is 3.94 Å². The summed E-state index contributed by atoms with van der Waals surface area (Å²) in [6.07, 6.45) is 0.790. The van der Waals surface area contributed by atoms with Crippen LogP contribution in [0.4, 0.5) is 0 Å². The number of halogens is 2. The molecular formula is C5H12BCl2NO2. The number of hydrogen-bond acceptors (Lipinski definition) is 3. The molecule has 0 amide bonds. The van der Waals surface area contributed by atoms with E-state index in [2.05, 4.69) is 0 Å². The van der Waals surface area contributed by atoms with Crippen LogP contribution >= 0.6 is 23.6 Å². The van der Waals surface area contributed by atoms with Crippen LogP contribution < -0.4 is 0 Å². The molecule has 0 saturated carbocycles. The first kappa shape index (κ1) is 11.5. The molecule has 0 aliphatic rings. The van der Waals surface area contributed by atoms with Gasteiger partial charge in [0.15, 0.2) is 0 Å². The van der Waals surface area contributed by atoms with Crippen LogP contribution in [0.3, 0.4) is 0 Å². The lowest BCUT2D eigenvalue weighted by molar-refractivity contribution is 0.312. The van der Waals surface area contributed by atoms with Crippen LogP contribution in [0.15, 0.2) is 0 Å². The molecule has 11 heavy (non-hydrogen) atoms. The highest BCUT2D eigenvalue weighted by Gasteiger charge is 2.32. The minimum absolute atomic E-state index is 0.0463. The highest BCUT2D eigenvalue weighted by atomic mass is 35.5. The van der Waals surface area contributed by atoms with Gasteiger partial charge in [-0.1, -0.05) is 20.3 Å². The lowest BCUT2D eigenvalue weighted by Gasteiger charge is -2.23. The minimum Gasteiger partial charge on any atom is -0.426 e. The number of nitrogens with zero attached hydrogens (tertiary/aromatic N) is 1. The van der Waals surface area contributed by atoms with E-state index in [0.29, 0.717) is 0 Å². The van der Waals surface area contributed by atoms with Crippen LogP contribution in [0.25, 0.3) is 0 Å². The van der Waals surface area contributed by atoms with Gasteiger partial charge in [0.05, 0.1) is 5.94 Å². The van der Waals surface area contributed by atoms with E-state index in [1.54, 1.807) is 0 Å². The van der Waals surface area contributed by atoms with Crippen LogP contribution in [-0.4, -0.2) is 27.0 Å². The summed E-state index contributed by atoms with van der Waals surface area (Å²) in [5.74, 6) is -0.576. The Morgan fingerprint density at radius 1 is 1.45 bits per heavy atom. The van der Waals surface area contributed by atoms with E-state index < -0.39 is 13.1 Å². The van der Waals surface area contributed by atoms with Crippen molar-refractivity contribution in [3.63, 3.8) is 0 Å². The van der Waals surface area contributed by atoms with E-state index in [1.165, 1.54) is 0 Å². The van der Waals surface area contributed by atoms with Crippen molar-refractivity contribution in [2.45, 2.75) is 26.2 Å². The van der Waals surface area contributed by atoms with Gasteiger partial charge >= 0.3 is 7.12 Å². The smallest absolute Gasteiger partial charge is 0.426 e. The third kappa shape index (κ3) is 3.63. The largest absolute Gasteiger partial charge is 0.473 e. The number of hydrogen-bond donors (Lipinski definition) is 2. The molecule has 3 nitrogen and oxygen atoms in total. The van der Waals surface area contributed by atoms with Gasteiger partial charge in [0, 0.05) is 0 Å². The highest BCUT2D eigenvalue weighted by Crippen LogP contribution is 2.19. The molecule has 0 saturated heterocycles. The highest BCUT2D eigenvalue weighted by molar-refractivity contribution is 6.48. The molecule has 0 aromatic carbocycles. The standard InChI is InChI=1S/C5H12BCl2NO2/c1-3-4(2)5(6(10)11)9(7)8/h4-5,10-11H,3H2,1-2H3. The molecule has 66 valence electrons. The van der Waals surface area contributed by atoms with Crippen LogP contribution in [0.2, 0.25) is 0 Å². The van der Waals surface area contributed by atoms with E-state index in [-0.39, 0.29) is 5.92 Å². The zero-order valence-electron chi connectivity index (χ0n) is 6.54. The summed E-state index contributed by atoms with van der Waals surface area (Å²) in [6, 6.07) is 0. The van der Waals surface area contributed by atoms with Crippen LogP contribution in [-0.2, 0) is 0 Å². The second kappa shape index (κ2) is 5.22. The maximum atomic E-state index is 8.83. The molecule has 0 aliphatic carbocycles. The first-order chi connectivity index (χ1) is 5.00. The van der Waals surface area contributed by atoms with Gasteiger partial charge in [-0.25, -0.2) is 0 Å². The molecule has 0 aromatic heterocycles. The van der Waals surface area contributed by atoms with Gasteiger partial charge in [-0.05, 0) is 29.5 Å². The molecule has 2 N–H and O–H groups in total. The fourth-order valence-electron chi connectivity index (χ4n) is 0.829. The summed E-state index contributed by atoms with van der Waals surface area (Å²) >= 11 is 10.8. The Bertz CT molecular complexity index is 107.